The summed E-state index contributed by atoms with van der Waals surface area (Å²) in [6.07, 6.45) is 7.81. The molecule has 0 aromatic heterocycles. The van der Waals surface area contributed by atoms with E-state index in [1.807, 2.05) is 13.2 Å². The Hall–Kier alpha value is -0.690. The molecule has 96 valence electrons. The molecular formula is C13H22N2OS. The molecule has 1 N–H and O–H groups in total. The lowest BCUT2D eigenvalue weighted by Crippen LogP contribution is -2.42. The van der Waals surface area contributed by atoms with E-state index in [-0.39, 0.29) is 17.9 Å². The van der Waals surface area contributed by atoms with Crippen molar-refractivity contribution in [3.63, 3.8) is 0 Å². The highest BCUT2D eigenvalue weighted by molar-refractivity contribution is 7.98. The van der Waals surface area contributed by atoms with Gasteiger partial charge >= 0.3 is 0 Å². The van der Waals surface area contributed by atoms with Crippen LogP contribution in [0.2, 0.25) is 0 Å². The van der Waals surface area contributed by atoms with Crippen molar-refractivity contribution in [3.05, 3.63) is 0 Å². The van der Waals surface area contributed by atoms with Crippen molar-refractivity contribution in [1.82, 2.24) is 5.32 Å². The van der Waals surface area contributed by atoms with Crippen molar-refractivity contribution in [3.8, 4) is 6.07 Å². The second-order valence-corrected chi connectivity index (χ2v) is 5.78. The molecular weight excluding hydrogens is 232 g/mol. The first-order chi connectivity index (χ1) is 8.19. The Labute approximate surface area is 108 Å². The monoisotopic (exact) mass is 254 g/mol. The van der Waals surface area contributed by atoms with E-state index in [1.54, 1.807) is 11.8 Å². The quantitative estimate of drug-likeness (QED) is 0.820. The fraction of sp³-hybridized carbons (Fsp3) is 0.846. The lowest BCUT2D eigenvalue weighted by atomic mass is 9.84. The predicted molar refractivity (Wildman–Crippen MR) is 71.7 cm³/mol. The molecule has 0 heterocycles. The molecule has 17 heavy (non-hydrogen) atoms. The molecule has 1 amide bonds. The highest BCUT2D eigenvalue weighted by Crippen LogP contribution is 2.26. The Morgan fingerprint density at radius 2 is 2.12 bits per heavy atom. The highest BCUT2D eigenvalue weighted by Gasteiger charge is 2.26. The molecule has 3 nitrogen and oxygen atoms in total. The Morgan fingerprint density at radius 3 is 2.65 bits per heavy atom. The van der Waals surface area contributed by atoms with Gasteiger partial charge in [-0.1, -0.05) is 26.2 Å². The van der Waals surface area contributed by atoms with Crippen LogP contribution in [-0.4, -0.2) is 24.0 Å². The molecule has 1 rings (SSSR count). The SMILES string of the molecule is CSCC(C)C(=O)NC(C#N)C1CCCCC1. The minimum atomic E-state index is -0.285. The third-order valence-corrected chi connectivity index (χ3v) is 4.26. The summed E-state index contributed by atoms with van der Waals surface area (Å²) in [6, 6.07) is 1.98. The van der Waals surface area contributed by atoms with Gasteiger partial charge in [0.05, 0.1) is 6.07 Å². The van der Waals surface area contributed by atoms with Crippen molar-refractivity contribution >= 4 is 17.7 Å². The topological polar surface area (TPSA) is 52.9 Å². The third-order valence-electron chi connectivity index (χ3n) is 3.42. The Morgan fingerprint density at radius 1 is 1.47 bits per heavy atom. The number of carbonyl (C=O) groups is 1. The van der Waals surface area contributed by atoms with Crippen LogP contribution in [0, 0.1) is 23.2 Å². The van der Waals surface area contributed by atoms with Gasteiger partial charge in [-0.05, 0) is 25.0 Å². The fourth-order valence-electron chi connectivity index (χ4n) is 2.34. The molecule has 4 heteroatoms. The molecule has 0 aromatic carbocycles. The van der Waals surface area contributed by atoms with Crippen LogP contribution in [0.4, 0.5) is 0 Å². The van der Waals surface area contributed by atoms with E-state index >= 15 is 0 Å². The molecule has 1 saturated carbocycles. The van der Waals surface area contributed by atoms with E-state index in [4.69, 9.17) is 5.26 Å². The minimum absolute atomic E-state index is 0.00978. The first kappa shape index (κ1) is 14.4. The standard InChI is InChI=1S/C13H22N2OS/c1-10(9-17-2)13(16)15-12(8-14)11-6-4-3-5-7-11/h10-12H,3-7,9H2,1-2H3,(H,15,16). The summed E-state index contributed by atoms with van der Waals surface area (Å²) >= 11 is 1.66. The number of carbonyl (C=O) groups excluding carboxylic acids is 1. The van der Waals surface area contributed by atoms with E-state index in [0.717, 1.165) is 18.6 Å². The first-order valence-electron chi connectivity index (χ1n) is 6.38. The summed E-state index contributed by atoms with van der Waals surface area (Å²) in [6.45, 7) is 1.92. The molecule has 0 aromatic rings. The van der Waals surface area contributed by atoms with Crippen molar-refractivity contribution < 1.29 is 4.79 Å². The molecule has 2 unspecified atom stereocenters. The third kappa shape index (κ3) is 4.59. The van der Waals surface area contributed by atoms with Crippen molar-refractivity contribution in [2.75, 3.05) is 12.0 Å². The highest BCUT2D eigenvalue weighted by atomic mass is 32.2. The van der Waals surface area contributed by atoms with Gasteiger partial charge in [0, 0.05) is 11.7 Å². The van der Waals surface area contributed by atoms with Crippen LogP contribution in [-0.2, 0) is 4.79 Å². The van der Waals surface area contributed by atoms with Gasteiger partial charge < -0.3 is 5.32 Å². The maximum absolute atomic E-state index is 11.9. The van der Waals surface area contributed by atoms with Crippen LogP contribution < -0.4 is 5.32 Å². The van der Waals surface area contributed by atoms with Gasteiger partial charge in [-0.2, -0.15) is 17.0 Å². The van der Waals surface area contributed by atoms with E-state index in [9.17, 15) is 4.79 Å². The lowest BCUT2D eigenvalue weighted by molar-refractivity contribution is -0.124. The zero-order chi connectivity index (χ0) is 12.7. The number of amides is 1. The summed E-state index contributed by atoms with van der Waals surface area (Å²) in [5, 5.41) is 12.1. The van der Waals surface area contributed by atoms with E-state index < -0.39 is 0 Å². The molecule has 0 bridgehead atoms. The molecule has 2 atom stereocenters. The summed E-state index contributed by atoms with van der Waals surface area (Å²) < 4.78 is 0. The zero-order valence-corrected chi connectivity index (χ0v) is 11.6. The van der Waals surface area contributed by atoms with Crippen LogP contribution in [0.5, 0.6) is 0 Å². The number of rotatable bonds is 5. The van der Waals surface area contributed by atoms with Gasteiger partial charge in [0.2, 0.25) is 5.91 Å². The Bertz CT molecular complexity index is 282. The summed E-state index contributed by atoms with van der Waals surface area (Å²) in [5.74, 6) is 1.19. The second-order valence-electron chi connectivity index (χ2n) is 4.87. The van der Waals surface area contributed by atoms with Crippen molar-refractivity contribution in [2.45, 2.75) is 45.1 Å². The molecule has 0 aliphatic heterocycles. The second kappa shape index (κ2) is 7.60. The maximum atomic E-state index is 11.9. The normalized spacial score (nSPS) is 20.3. The van der Waals surface area contributed by atoms with Crippen molar-refractivity contribution in [2.24, 2.45) is 11.8 Å². The summed E-state index contributed by atoms with van der Waals surface area (Å²) in [5.41, 5.74) is 0. The molecule has 1 fully saturated rings. The van der Waals surface area contributed by atoms with Crippen LogP contribution in [0.25, 0.3) is 0 Å². The average Bonchev–Trinajstić information content (AvgIpc) is 2.37. The smallest absolute Gasteiger partial charge is 0.224 e. The van der Waals surface area contributed by atoms with Crippen LogP contribution >= 0.6 is 11.8 Å². The number of hydrogen-bond acceptors (Lipinski definition) is 3. The van der Waals surface area contributed by atoms with Gasteiger partial charge in [0.15, 0.2) is 0 Å². The van der Waals surface area contributed by atoms with Crippen LogP contribution in [0.3, 0.4) is 0 Å². The fourth-order valence-corrected chi connectivity index (χ4v) is 3.00. The molecule has 0 spiro atoms. The number of nitrogens with one attached hydrogen (secondary N) is 1. The largest absolute Gasteiger partial charge is 0.340 e. The van der Waals surface area contributed by atoms with Gasteiger partial charge in [0.1, 0.15) is 6.04 Å². The van der Waals surface area contributed by atoms with Crippen LogP contribution in [0.15, 0.2) is 0 Å². The number of nitrogens with zero attached hydrogens (tertiary/aromatic N) is 1. The predicted octanol–water partition coefficient (Wildman–Crippen LogP) is 2.57. The van der Waals surface area contributed by atoms with E-state index in [2.05, 4.69) is 11.4 Å². The molecule has 0 radical (unpaired) electrons. The van der Waals surface area contributed by atoms with E-state index in [0.29, 0.717) is 5.92 Å². The molecule has 1 aliphatic rings. The van der Waals surface area contributed by atoms with Crippen molar-refractivity contribution in [1.29, 1.82) is 5.26 Å². The number of nitriles is 1. The molecule has 1 aliphatic carbocycles. The van der Waals surface area contributed by atoms with E-state index in [1.165, 1.54) is 19.3 Å². The van der Waals surface area contributed by atoms with Gasteiger partial charge in [-0.3, -0.25) is 4.79 Å². The Kier molecular flexibility index (Phi) is 6.43. The Balaban J connectivity index is 2.45. The van der Waals surface area contributed by atoms with Gasteiger partial charge in [-0.15, -0.1) is 0 Å². The van der Waals surface area contributed by atoms with Gasteiger partial charge in [-0.25, -0.2) is 0 Å². The average molecular weight is 254 g/mol. The zero-order valence-electron chi connectivity index (χ0n) is 10.7. The van der Waals surface area contributed by atoms with Crippen LogP contribution in [0.1, 0.15) is 39.0 Å². The number of hydrogen-bond donors (Lipinski definition) is 1. The summed E-state index contributed by atoms with van der Waals surface area (Å²) in [7, 11) is 0. The maximum Gasteiger partial charge on any atom is 0.224 e. The number of thioether (sulfide) groups is 1. The molecule has 0 saturated heterocycles. The minimum Gasteiger partial charge on any atom is -0.340 e. The lowest BCUT2D eigenvalue weighted by Gasteiger charge is -2.27. The van der Waals surface area contributed by atoms with Gasteiger partial charge in [0.25, 0.3) is 0 Å². The summed E-state index contributed by atoms with van der Waals surface area (Å²) in [4.78, 5) is 11.9. The first-order valence-corrected chi connectivity index (χ1v) is 7.77.